The predicted octanol–water partition coefficient (Wildman–Crippen LogP) is 4.44. The van der Waals surface area contributed by atoms with Gasteiger partial charge in [0.05, 0.1) is 5.69 Å². The Bertz CT molecular complexity index is 1020. The molecule has 2 aliphatic carbocycles. The minimum absolute atomic E-state index is 0.0586. The lowest BCUT2D eigenvalue weighted by molar-refractivity contribution is 0.0915. The van der Waals surface area contributed by atoms with Crippen LogP contribution in [0.5, 0.6) is 0 Å². The molecule has 1 N–H and O–H groups in total. The lowest BCUT2D eigenvalue weighted by Gasteiger charge is -2.32. The fourth-order valence-electron chi connectivity index (χ4n) is 5.49. The van der Waals surface area contributed by atoms with E-state index in [0.29, 0.717) is 24.1 Å². The molecule has 0 radical (unpaired) electrons. The number of likely N-dealkylation sites (tertiary alicyclic amines) is 1. The zero-order valence-electron chi connectivity index (χ0n) is 19.0. The average molecular weight is 443 g/mol. The van der Waals surface area contributed by atoms with Crippen molar-refractivity contribution in [1.29, 1.82) is 0 Å². The van der Waals surface area contributed by atoms with E-state index in [1.54, 1.807) is 4.68 Å². The van der Waals surface area contributed by atoms with Crippen molar-refractivity contribution in [2.45, 2.75) is 58.3 Å². The topological polar surface area (TPSA) is 50.2 Å². The third-order valence-corrected chi connectivity index (χ3v) is 7.19. The number of nitrogens with zero attached hydrogens (tertiary/aromatic N) is 3. The number of hydrogen-bond acceptors (Lipinski definition) is 3. The average Bonchev–Trinajstić information content (AvgIpc) is 3.35. The van der Waals surface area contributed by atoms with Crippen LogP contribution in [-0.4, -0.2) is 46.8 Å². The first-order chi connectivity index (χ1) is 15.3. The fraction of sp³-hybridized carbons (Fsp3) is 0.600. The molecule has 5 nitrogen and oxygen atoms in total. The third kappa shape index (κ3) is 4.19. The second-order valence-corrected chi connectivity index (χ2v) is 10.6. The summed E-state index contributed by atoms with van der Waals surface area (Å²) in [5.74, 6) is -0.645. The van der Waals surface area contributed by atoms with Gasteiger partial charge in [-0.2, -0.15) is 5.10 Å². The van der Waals surface area contributed by atoms with Gasteiger partial charge < -0.3 is 10.2 Å². The van der Waals surface area contributed by atoms with Gasteiger partial charge in [0.25, 0.3) is 5.91 Å². The van der Waals surface area contributed by atoms with Crippen molar-refractivity contribution in [3.8, 4) is 5.69 Å². The molecule has 1 saturated carbocycles. The second kappa shape index (κ2) is 8.25. The molecule has 2 aromatic rings. The molecule has 32 heavy (non-hydrogen) atoms. The van der Waals surface area contributed by atoms with Crippen LogP contribution in [0.3, 0.4) is 0 Å². The van der Waals surface area contributed by atoms with Crippen LogP contribution in [0.25, 0.3) is 5.69 Å². The highest BCUT2D eigenvalue weighted by atomic mass is 19.1. The summed E-state index contributed by atoms with van der Waals surface area (Å²) in [6.07, 6.45) is 6.95. The quantitative estimate of drug-likeness (QED) is 0.720. The van der Waals surface area contributed by atoms with Crippen molar-refractivity contribution >= 4 is 5.91 Å². The van der Waals surface area contributed by atoms with Gasteiger partial charge in [-0.15, -0.1) is 0 Å². The van der Waals surface area contributed by atoms with Gasteiger partial charge in [-0.05, 0) is 62.2 Å². The number of nitrogens with one attached hydrogen (secondary N) is 1. The van der Waals surface area contributed by atoms with Crippen LogP contribution in [0.15, 0.2) is 18.2 Å². The maximum Gasteiger partial charge on any atom is 0.272 e. The van der Waals surface area contributed by atoms with Crippen molar-refractivity contribution < 1.29 is 13.6 Å². The van der Waals surface area contributed by atoms with Crippen molar-refractivity contribution in [3.63, 3.8) is 0 Å². The summed E-state index contributed by atoms with van der Waals surface area (Å²) in [6, 6.07) is 3.50. The first kappa shape index (κ1) is 21.6. The largest absolute Gasteiger partial charge is 0.350 e. The van der Waals surface area contributed by atoms with Crippen molar-refractivity contribution in [3.05, 3.63) is 46.8 Å². The number of aromatic nitrogens is 2. The Balaban J connectivity index is 1.33. The van der Waals surface area contributed by atoms with Gasteiger partial charge in [0.1, 0.15) is 11.5 Å². The minimum Gasteiger partial charge on any atom is -0.350 e. The number of benzene rings is 1. The van der Waals surface area contributed by atoms with Gasteiger partial charge in [0.2, 0.25) is 0 Å². The Labute approximate surface area is 188 Å². The smallest absolute Gasteiger partial charge is 0.272 e. The van der Waals surface area contributed by atoms with Gasteiger partial charge in [-0.1, -0.05) is 26.7 Å². The zero-order chi connectivity index (χ0) is 22.5. The number of fused-ring (bicyclic) bond motifs is 3. The van der Waals surface area contributed by atoms with Gasteiger partial charge in [-0.3, -0.25) is 4.79 Å². The van der Waals surface area contributed by atoms with E-state index in [0.717, 1.165) is 49.8 Å². The summed E-state index contributed by atoms with van der Waals surface area (Å²) in [7, 11) is 0. The molecular weight excluding hydrogens is 410 g/mol. The van der Waals surface area contributed by atoms with E-state index in [1.807, 2.05) is 0 Å². The number of hydrogen-bond donors (Lipinski definition) is 1. The molecule has 172 valence electrons. The van der Waals surface area contributed by atoms with Crippen LogP contribution < -0.4 is 5.32 Å². The number of amides is 1. The van der Waals surface area contributed by atoms with Gasteiger partial charge in [-0.25, -0.2) is 13.5 Å². The third-order valence-electron chi connectivity index (χ3n) is 7.19. The summed E-state index contributed by atoms with van der Waals surface area (Å²) < 4.78 is 29.5. The molecule has 5 rings (SSSR count). The maximum atomic E-state index is 14.5. The summed E-state index contributed by atoms with van der Waals surface area (Å²) in [5.41, 5.74) is 2.39. The van der Waals surface area contributed by atoms with Crippen LogP contribution in [0, 0.1) is 23.0 Å². The van der Waals surface area contributed by atoms with E-state index in [9.17, 15) is 13.6 Å². The molecule has 2 atom stereocenters. The molecule has 3 aliphatic rings. The Morgan fingerprint density at radius 2 is 1.94 bits per heavy atom. The van der Waals surface area contributed by atoms with Crippen molar-refractivity contribution in [2.75, 3.05) is 26.2 Å². The molecule has 7 heteroatoms. The molecule has 2 heterocycles. The van der Waals surface area contributed by atoms with E-state index < -0.39 is 11.6 Å². The van der Waals surface area contributed by atoms with E-state index in [1.165, 1.54) is 37.8 Å². The highest BCUT2D eigenvalue weighted by Gasteiger charge is 2.50. The summed E-state index contributed by atoms with van der Waals surface area (Å²) in [5, 5.41) is 7.63. The molecule has 1 amide bonds. The predicted molar refractivity (Wildman–Crippen MR) is 119 cm³/mol. The first-order valence-corrected chi connectivity index (χ1v) is 11.9. The summed E-state index contributed by atoms with van der Waals surface area (Å²) >= 11 is 0. The fourth-order valence-corrected chi connectivity index (χ4v) is 5.49. The van der Waals surface area contributed by atoms with E-state index in [2.05, 4.69) is 29.2 Å². The highest BCUT2D eigenvalue weighted by Crippen LogP contribution is 2.57. The van der Waals surface area contributed by atoms with E-state index >= 15 is 0 Å². The van der Waals surface area contributed by atoms with Gasteiger partial charge in [0.15, 0.2) is 11.5 Å². The van der Waals surface area contributed by atoms with Crippen LogP contribution >= 0.6 is 0 Å². The SMILES string of the molecule is CC(C)(CNC(=O)c1nn(-c2ccc(F)cc2F)c2c1C[C@H]1C[C@@H]21)CN1CCCCCC1. The number of halogens is 2. The van der Waals surface area contributed by atoms with Gasteiger partial charge in [0, 0.05) is 30.6 Å². The number of carbonyl (C=O) groups is 1. The minimum atomic E-state index is -0.662. The highest BCUT2D eigenvalue weighted by molar-refractivity contribution is 5.94. The van der Waals surface area contributed by atoms with Gasteiger partial charge >= 0.3 is 0 Å². The Kier molecular flexibility index (Phi) is 5.56. The lowest BCUT2D eigenvalue weighted by Crippen LogP contribution is -2.42. The Hall–Kier alpha value is -2.28. The first-order valence-electron chi connectivity index (χ1n) is 11.9. The van der Waals surface area contributed by atoms with Crippen LogP contribution in [0.2, 0.25) is 0 Å². The molecule has 1 aliphatic heterocycles. The summed E-state index contributed by atoms with van der Waals surface area (Å²) in [4.78, 5) is 15.7. The normalized spacial score (nSPS) is 22.9. The molecule has 0 unspecified atom stereocenters. The maximum absolute atomic E-state index is 14.5. The van der Waals surface area contributed by atoms with Crippen LogP contribution in [0.4, 0.5) is 8.78 Å². The number of rotatable bonds is 6. The van der Waals surface area contributed by atoms with Crippen molar-refractivity contribution in [1.82, 2.24) is 20.0 Å². The van der Waals surface area contributed by atoms with E-state index in [-0.39, 0.29) is 17.0 Å². The molecule has 0 bridgehead atoms. The van der Waals surface area contributed by atoms with E-state index in [4.69, 9.17) is 0 Å². The summed E-state index contributed by atoms with van der Waals surface area (Å²) in [6.45, 7) is 8.13. The molecule has 1 aromatic heterocycles. The molecule has 2 fully saturated rings. The van der Waals surface area contributed by atoms with Crippen molar-refractivity contribution in [2.24, 2.45) is 11.3 Å². The zero-order valence-corrected chi connectivity index (χ0v) is 19.0. The van der Waals surface area contributed by atoms with Crippen LogP contribution in [0.1, 0.15) is 73.6 Å². The molecule has 1 aromatic carbocycles. The van der Waals surface area contributed by atoms with Crippen LogP contribution in [-0.2, 0) is 6.42 Å². The lowest BCUT2D eigenvalue weighted by atomic mass is 9.92. The number of carbonyl (C=O) groups excluding carboxylic acids is 1. The monoisotopic (exact) mass is 442 g/mol. The molecular formula is C25H32F2N4O. The molecule has 0 spiro atoms. The molecule has 1 saturated heterocycles. The second-order valence-electron chi connectivity index (χ2n) is 10.6. The Morgan fingerprint density at radius 1 is 1.19 bits per heavy atom. The standard InChI is InChI=1S/C25H32F2N4O/c1-25(2,15-30-9-5-3-4-6-10-30)14-28-24(32)22-19-12-16-11-18(16)23(19)31(29-22)21-8-7-17(26)13-20(21)27/h7-8,13,16,18H,3-6,9-12,14-15H2,1-2H3,(H,28,32)/t16-,18-/m1/s1. The Morgan fingerprint density at radius 3 is 2.66 bits per heavy atom.